The SMILES string of the molecule is COc1ccc([N+](=O)[O-])cc1-n1nnc(CCC(=O)O)c1C. The summed E-state index contributed by atoms with van der Waals surface area (Å²) in [7, 11) is 1.45. The highest BCUT2D eigenvalue weighted by atomic mass is 16.6. The molecule has 9 heteroatoms. The van der Waals surface area contributed by atoms with Crippen LogP contribution in [0.1, 0.15) is 17.8 Å². The van der Waals surface area contributed by atoms with E-state index in [9.17, 15) is 14.9 Å². The summed E-state index contributed by atoms with van der Waals surface area (Å²) in [6, 6.07) is 4.15. The predicted molar refractivity (Wildman–Crippen MR) is 75.3 cm³/mol. The van der Waals surface area contributed by atoms with Gasteiger partial charge in [0.1, 0.15) is 11.4 Å². The summed E-state index contributed by atoms with van der Waals surface area (Å²) in [4.78, 5) is 21.0. The number of methoxy groups -OCH3 is 1. The van der Waals surface area contributed by atoms with Gasteiger partial charge in [-0.05, 0) is 13.0 Å². The van der Waals surface area contributed by atoms with Crippen molar-refractivity contribution in [3.63, 3.8) is 0 Å². The number of aliphatic carboxylic acids is 1. The number of hydrogen-bond donors (Lipinski definition) is 1. The topological polar surface area (TPSA) is 120 Å². The monoisotopic (exact) mass is 306 g/mol. The summed E-state index contributed by atoms with van der Waals surface area (Å²) < 4.78 is 6.60. The quantitative estimate of drug-likeness (QED) is 0.634. The smallest absolute Gasteiger partial charge is 0.303 e. The number of hydrogen-bond acceptors (Lipinski definition) is 6. The van der Waals surface area contributed by atoms with Crippen LogP contribution in [0.15, 0.2) is 18.2 Å². The molecule has 1 N–H and O–H groups in total. The Morgan fingerprint density at radius 1 is 1.50 bits per heavy atom. The van der Waals surface area contributed by atoms with Crippen molar-refractivity contribution in [1.29, 1.82) is 0 Å². The standard InChI is InChI=1S/C13H14N4O5/c1-8-10(4-6-13(18)19)14-15-16(8)11-7-9(17(20)21)3-5-12(11)22-2/h3,5,7H,4,6H2,1-2H3,(H,18,19). The molecule has 1 heterocycles. The first-order chi connectivity index (χ1) is 10.4. The van der Waals surface area contributed by atoms with Gasteiger partial charge in [0.25, 0.3) is 5.69 Å². The summed E-state index contributed by atoms with van der Waals surface area (Å²) in [5, 5.41) is 27.5. The Hall–Kier alpha value is -2.97. The van der Waals surface area contributed by atoms with Crippen LogP contribution in [0.3, 0.4) is 0 Å². The van der Waals surface area contributed by atoms with Crippen LogP contribution >= 0.6 is 0 Å². The minimum absolute atomic E-state index is 0.0639. The average molecular weight is 306 g/mol. The summed E-state index contributed by atoms with van der Waals surface area (Å²) >= 11 is 0. The number of non-ortho nitro benzene ring substituents is 1. The number of aryl methyl sites for hydroxylation is 1. The van der Waals surface area contributed by atoms with E-state index >= 15 is 0 Å². The van der Waals surface area contributed by atoms with E-state index in [-0.39, 0.29) is 18.5 Å². The van der Waals surface area contributed by atoms with Crippen molar-refractivity contribution in [3.05, 3.63) is 39.7 Å². The Balaban J connectivity index is 2.45. The third kappa shape index (κ3) is 3.03. The molecule has 22 heavy (non-hydrogen) atoms. The molecule has 0 bridgehead atoms. The molecule has 0 unspecified atom stereocenters. The molecular weight excluding hydrogens is 292 g/mol. The van der Waals surface area contributed by atoms with E-state index in [1.807, 2.05) is 0 Å². The van der Waals surface area contributed by atoms with Gasteiger partial charge < -0.3 is 9.84 Å². The Kier molecular flexibility index (Phi) is 4.35. The number of carboxylic acids is 1. The Bertz CT molecular complexity index is 725. The minimum Gasteiger partial charge on any atom is -0.494 e. The predicted octanol–water partition coefficient (Wildman–Crippen LogP) is 1.51. The molecule has 0 atom stereocenters. The number of nitro groups is 1. The summed E-state index contributed by atoms with van der Waals surface area (Å²) in [5.41, 5.74) is 1.41. The first-order valence-electron chi connectivity index (χ1n) is 6.39. The Labute approximate surface area is 125 Å². The highest BCUT2D eigenvalue weighted by Gasteiger charge is 2.18. The van der Waals surface area contributed by atoms with Crippen LogP contribution in [0.5, 0.6) is 5.75 Å². The van der Waals surface area contributed by atoms with Crippen molar-refractivity contribution in [2.45, 2.75) is 19.8 Å². The number of nitrogens with zero attached hydrogens (tertiary/aromatic N) is 4. The summed E-state index contributed by atoms with van der Waals surface area (Å²) in [6.07, 6.45) is 0.171. The molecule has 0 aliphatic carbocycles. The van der Waals surface area contributed by atoms with E-state index in [2.05, 4.69) is 10.3 Å². The molecule has 0 radical (unpaired) electrons. The number of ether oxygens (including phenoxy) is 1. The highest BCUT2D eigenvalue weighted by Crippen LogP contribution is 2.28. The van der Waals surface area contributed by atoms with Gasteiger partial charge in [-0.15, -0.1) is 5.10 Å². The molecule has 0 amide bonds. The maximum Gasteiger partial charge on any atom is 0.303 e. The molecule has 2 aromatic rings. The normalized spacial score (nSPS) is 10.5. The summed E-state index contributed by atoms with van der Waals surface area (Å²) in [5.74, 6) is -0.523. The number of benzene rings is 1. The molecular formula is C13H14N4O5. The van der Waals surface area contributed by atoms with Crippen molar-refractivity contribution >= 4 is 11.7 Å². The van der Waals surface area contributed by atoms with Gasteiger partial charge in [-0.25, -0.2) is 4.68 Å². The molecule has 1 aromatic heterocycles. The lowest BCUT2D eigenvalue weighted by Gasteiger charge is -2.09. The van der Waals surface area contributed by atoms with Gasteiger partial charge in [0.05, 0.1) is 29.8 Å². The van der Waals surface area contributed by atoms with Gasteiger partial charge in [0.2, 0.25) is 0 Å². The van der Waals surface area contributed by atoms with Crippen LogP contribution in [0.25, 0.3) is 5.69 Å². The lowest BCUT2D eigenvalue weighted by molar-refractivity contribution is -0.384. The van der Waals surface area contributed by atoms with Gasteiger partial charge >= 0.3 is 5.97 Å². The zero-order chi connectivity index (χ0) is 16.3. The molecule has 0 saturated carbocycles. The van der Waals surface area contributed by atoms with E-state index in [4.69, 9.17) is 9.84 Å². The maximum atomic E-state index is 10.9. The van der Waals surface area contributed by atoms with Crippen molar-refractivity contribution in [1.82, 2.24) is 15.0 Å². The lowest BCUT2D eigenvalue weighted by atomic mass is 10.2. The molecule has 0 spiro atoms. The van der Waals surface area contributed by atoms with Crippen LogP contribution in [0.4, 0.5) is 5.69 Å². The lowest BCUT2D eigenvalue weighted by Crippen LogP contribution is -2.04. The molecule has 2 rings (SSSR count). The Morgan fingerprint density at radius 2 is 2.23 bits per heavy atom. The minimum atomic E-state index is -0.929. The third-order valence-corrected chi connectivity index (χ3v) is 3.17. The van der Waals surface area contributed by atoms with Gasteiger partial charge in [0.15, 0.2) is 0 Å². The van der Waals surface area contributed by atoms with Crippen LogP contribution in [-0.4, -0.2) is 38.1 Å². The fraction of sp³-hybridized carbons (Fsp3) is 0.308. The number of carboxylic acid groups (broad SMARTS) is 1. The van der Waals surface area contributed by atoms with E-state index in [1.165, 1.54) is 30.0 Å². The highest BCUT2D eigenvalue weighted by molar-refractivity contribution is 5.67. The van der Waals surface area contributed by atoms with Crippen molar-refractivity contribution in [2.24, 2.45) is 0 Å². The van der Waals surface area contributed by atoms with Gasteiger partial charge in [-0.3, -0.25) is 14.9 Å². The second-order valence-corrected chi connectivity index (χ2v) is 4.54. The van der Waals surface area contributed by atoms with Gasteiger partial charge in [0, 0.05) is 18.6 Å². The van der Waals surface area contributed by atoms with Crippen molar-refractivity contribution in [3.8, 4) is 11.4 Å². The maximum absolute atomic E-state index is 10.9. The molecule has 0 fully saturated rings. The molecule has 0 aliphatic heterocycles. The van der Waals surface area contributed by atoms with Crippen molar-refractivity contribution < 1.29 is 19.6 Å². The van der Waals surface area contributed by atoms with Crippen LogP contribution in [0.2, 0.25) is 0 Å². The van der Waals surface area contributed by atoms with Crippen LogP contribution in [-0.2, 0) is 11.2 Å². The first-order valence-corrected chi connectivity index (χ1v) is 6.39. The second kappa shape index (κ2) is 6.20. The van der Waals surface area contributed by atoms with Gasteiger partial charge in [-0.2, -0.15) is 0 Å². The van der Waals surface area contributed by atoms with E-state index < -0.39 is 10.9 Å². The molecule has 116 valence electrons. The first kappa shape index (κ1) is 15.4. The van der Waals surface area contributed by atoms with E-state index in [0.29, 0.717) is 22.8 Å². The van der Waals surface area contributed by atoms with Crippen molar-refractivity contribution in [2.75, 3.05) is 7.11 Å². The fourth-order valence-electron chi connectivity index (χ4n) is 2.00. The summed E-state index contributed by atoms with van der Waals surface area (Å²) in [6.45, 7) is 1.72. The third-order valence-electron chi connectivity index (χ3n) is 3.17. The number of rotatable bonds is 6. The number of carbonyl (C=O) groups is 1. The Morgan fingerprint density at radius 3 is 2.82 bits per heavy atom. The number of aromatic nitrogens is 3. The fourth-order valence-corrected chi connectivity index (χ4v) is 2.00. The molecule has 0 saturated heterocycles. The zero-order valence-corrected chi connectivity index (χ0v) is 12.0. The van der Waals surface area contributed by atoms with Crippen LogP contribution in [0, 0.1) is 17.0 Å². The van der Waals surface area contributed by atoms with E-state index in [0.717, 1.165) is 0 Å². The second-order valence-electron chi connectivity index (χ2n) is 4.54. The molecule has 0 aliphatic rings. The van der Waals surface area contributed by atoms with Gasteiger partial charge in [-0.1, -0.05) is 5.21 Å². The largest absolute Gasteiger partial charge is 0.494 e. The molecule has 9 nitrogen and oxygen atoms in total. The molecule has 1 aromatic carbocycles. The van der Waals surface area contributed by atoms with Crippen LogP contribution < -0.4 is 4.74 Å². The van der Waals surface area contributed by atoms with E-state index in [1.54, 1.807) is 6.92 Å². The average Bonchev–Trinajstić information content (AvgIpc) is 2.85. The number of nitro benzene ring substituents is 1. The zero-order valence-electron chi connectivity index (χ0n) is 12.0.